The molecule has 174 valence electrons. The van der Waals surface area contributed by atoms with Gasteiger partial charge < -0.3 is 15.4 Å². The quantitative estimate of drug-likeness (QED) is 0.500. The molecular weight excluding hydrogens is 440 g/mol. The third kappa shape index (κ3) is 7.75. The number of benzene rings is 2. The van der Waals surface area contributed by atoms with Gasteiger partial charge in [-0.05, 0) is 43.0 Å². The van der Waals surface area contributed by atoms with Crippen LogP contribution in [0.15, 0.2) is 66.7 Å². The lowest BCUT2D eigenvalue weighted by atomic mass is 9.97. The second-order valence-electron chi connectivity index (χ2n) is 8.17. The Hall–Kier alpha value is -3.12. The fraction of sp³-hybridized carbons (Fsp3) is 0.346. The zero-order valence-electron chi connectivity index (χ0n) is 18.6. The minimum atomic E-state index is -0.606. The number of nitrogens with one attached hydrogen (secondary N) is 2. The van der Waals surface area contributed by atoms with Gasteiger partial charge in [0.1, 0.15) is 6.10 Å². The van der Waals surface area contributed by atoms with Crippen molar-refractivity contribution in [2.45, 2.75) is 51.3 Å². The first-order chi connectivity index (χ1) is 15.9. The Bertz CT molecular complexity index is 976. The van der Waals surface area contributed by atoms with Gasteiger partial charge in [-0.15, -0.1) is 0 Å². The van der Waals surface area contributed by atoms with E-state index in [1.807, 2.05) is 61.5 Å². The average Bonchev–Trinajstić information content (AvgIpc) is 2.81. The lowest BCUT2D eigenvalue weighted by Gasteiger charge is -2.27. The molecule has 0 saturated heterocycles. The van der Waals surface area contributed by atoms with E-state index in [9.17, 15) is 14.4 Å². The lowest BCUT2D eigenvalue weighted by molar-refractivity contribution is -0.152. The summed E-state index contributed by atoms with van der Waals surface area (Å²) >= 11 is 5.90. The van der Waals surface area contributed by atoms with Crippen molar-refractivity contribution in [3.63, 3.8) is 0 Å². The number of hydrogen-bond acceptors (Lipinski definition) is 4. The summed E-state index contributed by atoms with van der Waals surface area (Å²) in [5, 5.41) is 6.46. The summed E-state index contributed by atoms with van der Waals surface area (Å²) in [6.07, 6.45) is 4.36. The van der Waals surface area contributed by atoms with Gasteiger partial charge >= 0.3 is 5.97 Å². The molecule has 3 rings (SSSR count). The molecular formula is C26H29ClN2O4. The zero-order chi connectivity index (χ0) is 23.6. The van der Waals surface area contributed by atoms with Gasteiger partial charge in [-0.2, -0.15) is 0 Å². The summed E-state index contributed by atoms with van der Waals surface area (Å²) in [4.78, 5) is 37.9. The number of allylic oxidation sites excluding steroid dienone is 2. The minimum absolute atomic E-state index is 0.0618. The maximum atomic E-state index is 13.1. The molecule has 7 heteroatoms. The molecule has 1 heterocycles. The molecule has 0 saturated carbocycles. The number of halogens is 1. The van der Waals surface area contributed by atoms with Crippen LogP contribution < -0.4 is 10.6 Å². The van der Waals surface area contributed by atoms with E-state index < -0.39 is 18.1 Å². The SMILES string of the molecule is C[C@H]1NC(=O)[C@H](CC(=O)NCc2ccc(Cl)cc2)C/C=C/CCC(=O)O[C@@H]1c1ccccc1. The second-order valence-corrected chi connectivity index (χ2v) is 8.60. The van der Waals surface area contributed by atoms with Crippen molar-refractivity contribution in [2.24, 2.45) is 5.92 Å². The first-order valence-corrected chi connectivity index (χ1v) is 11.5. The van der Waals surface area contributed by atoms with E-state index in [1.54, 1.807) is 12.1 Å². The van der Waals surface area contributed by atoms with Crippen molar-refractivity contribution in [2.75, 3.05) is 0 Å². The van der Waals surface area contributed by atoms with Crippen LogP contribution in [0.25, 0.3) is 0 Å². The number of esters is 1. The van der Waals surface area contributed by atoms with Gasteiger partial charge in [-0.25, -0.2) is 0 Å². The summed E-state index contributed by atoms with van der Waals surface area (Å²) in [5.74, 6) is -1.29. The fourth-order valence-electron chi connectivity index (χ4n) is 3.68. The van der Waals surface area contributed by atoms with E-state index in [2.05, 4.69) is 10.6 Å². The van der Waals surface area contributed by atoms with E-state index >= 15 is 0 Å². The highest BCUT2D eigenvalue weighted by molar-refractivity contribution is 6.30. The summed E-state index contributed by atoms with van der Waals surface area (Å²) in [6, 6.07) is 16.1. The molecule has 3 atom stereocenters. The molecule has 2 amide bonds. The van der Waals surface area contributed by atoms with Gasteiger partial charge in [0, 0.05) is 24.4 Å². The van der Waals surface area contributed by atoms with Crippen LogP contribution in [0.1, 0.15) is 49.8 Å². The van der Waals surface area contributed by atoms with Crippen LogP contribution in [0.3, 0.4) is 0 Å². The van der Waals surface area contributed by atoms with Gasteiger partial charge in [0.15, 0.2) is 0 Å². The van der Waals surface area contributed by atoms with Gasteiger partial charge in [0.05, 0.1) is 12.0 Å². The summed E-state index contributed by atoms with van der Waals surface area (Å²) in [7, 11) is 0. The number of cyclic esters (lactones) is 1. The molecule has 33 heavy (non-hydrogen) atoms. The molecule has 6 nitrogen and oxygen atoms in total. The molecule has 2 aromatic carbocycles. The Morgan fingerprint density at radius 1 is 1.09 bits per heavy atom. The molecule has 0 aliphatic carbocycles. The molecule has 2 N–H and O–H groups in total. The number of carbonyl (C=O) groups is 3. The third-order valence-corrected chi connectivity index (χ3v) is 5.77. The Morgan fingerprint density at radius 3 is 2.55 bits per heavy atom. The summed E-state index contributed by atoms with van der Waals surface area (Å²) < 4.78 is 5.71. The van der Waals surface area contributed by atoms with Gasteiger partial charge in [0.2, 0.25) is 11.8 Å². The van der Waals surface area contributed by atoms with E-state index in [4.69, 9.17) is 16.3 Å². The molecule has 0 radical (unpaired) electrons. The topological polar surface area (TPSA) is 84.5 Å². The highest BCUT2D eigenvalue weighted by atomic mass is 35.5. The van der Waals surface area contributed by atoms with E-state index in [1.165, 1.54) is 0 Å². The molecule has 0 bridgehead atoms. The van der Waals surface area contributed by atoms with Crippen molar-refractivity contribution >= 4 is 29.4 Å². The van der Waals surface area contributed by atoms with Crippen LogP contribution in [-0.4, -0.2) is 23.8 Å². The first kappa shape index (κ1) is 24.5. The average molecular weight is 469 g/mol. The Labute approximate surface area is 199 Å². The van der Waals surface area contributed by atoms with Crippen LogP contribution >= 0.6 is 11.6 Å². The number of hydrogen-bond donors (Lipinski definition) is 2. The van der Waals surface area contributed by atoms with Crippen LogP contribution in [-0.2, 0) is 25.7 Å². The predicted molar refractivity (Wildman–Crippen MR) is 127 cm³/mol. The van der Waals surface area contributed by atoms with E-state index in [0.29, 0.717) is 24.4 Å². The lowest BCUT2D eigenvalue weighted by Crippen LogP contribution is -2.43. The zero-order valence-corrected chi connectivity index (χ0v) is 19.4. The van der Waals surface area contributed by atoms with Gasteiger partial charge in [-0.1, -0.05) is 66.2 Å². The summed E-state index contributed by atoms with van der Waals surface area (Å²) in [6.45, 7) is 2.17. The van der Waals surface area contributed by atoms with Crippen LogP contribution in [0, 0.1) is 5.92 Å². The molecule has 0 aromatic heterocycles. The van der Waals surface area contributed by atoms with Crippen molar-refractivity contribution in [1.29, 1.82) is 0 Å². The van der Waals surface area contributed by atoms with Gasteiger partial charge in [-0.3, -0.25) is 14.4 Å². The van der Waals surface area contributed by atoms with Crippen molar-refractivity contribution < 1.29 is 19.1 Å². The highest BCUT2D eigenvalue weighted by Gasteiger charge is 2.28. The van der Waals surface area contributed by atoms with E-state index in [0.717, 1.165) is 11.1 Å². The molecule has 0 fully saturated rings. The predicted octanol–water partition coefficient (Wildman–Crippen LogP) is 4.49. The van der Waals surface area contributed by atoms with Crippen LogP contribution in [0.4, 0.5) is 0 Å². The smallest absolute Gasteiger partial charge is 0.306 e. The fourth-order valence-corrected chi connectivity index (χ4v) is 3.81. The summed E-state index contributed by atoms with van der Waals surface area (Å²) in [5.41, 5.74) is 1.74. The number of amides is 2. The molecule has 2 aromatic rings. The van der Waals surface area contributed by atoms with Crippen molar-refractivity contribution in [3.8, 4) is 0 Å². The standard InChI is InChI=1S/C26H29ClN2O4/c1-18-25(20-8-4-2-5-9-20)33-24(31)11-7-3-6-10-21(26(32)29-18)16-23(30)28-17-19-12-14-22(27)15-13-19/h2-6,8-9,12-15,18,21,25H,7,10-11,16-17H2,1H3,(H,28,30)(H,29,32)/b6-3+/t18-,21+,25+/m1/s1. The second kappa shape index (κ2) is 12.2. The third-order valence-electron chi connectivity index (χ3n) is 5.52. The number of ether oxygens (including phenoxy) is 1. The Morgan fingerprint density at radius 2 is 1.82 bits per heavy atom. The maximum Gasteiger partial charge on any atom is 0.306 e. The van der Waals surface area contributed by atoms with Crippen LogP contribution in [0.5, 0.6) is 0 Å². The van der Waals surface area contributed by atoms with Gasteiger partial charge in [0.25, 0.3) is 0 Å². The monoisotopic (exact) mass is 468 g/mol. The molecule has 1 aliphatic heterocycles. The maximum absolute atomic E-state index is 13.1. The number of carbonyl (C=O) groups excluding carboxylic acids is 3. The minimum Gasteiger partial charge on any atom is -0.455 e. The normalized spacial score (nSPS) is 22.8. The Kier molecular flexibility index (Phi) is 9.07. The Balaban J connectivity index is 1.68. The molecule has 0 unspecified atom stereocenters. The number of rotatable bonds is 5. The largest absolute Gasteiger partial charge is 0.455 e. The van der Waals surface area contributed by atoms with Crippen molar-refractivity contribution in [3.05, 3.63) is 82.9 Å². The molecule has 1 aliphatic rings. The van der Waals surface area contributed by atoms with E-state index in [-0.39, 0.29) is 30.6 Å². The molecule has 0 spiro atoms. The first-order valence-electron chi connectivity index (χ1n) is 11.1. The van der Waals surface area contributed by atoms with Crippen LogP contribution in [0.2, 0.25) is 5.02 Å². The highest BCUT2D eigenvalue weighted by Crippen LogP contribution is 2.24. The van der Waals surface area contributed by atoms with Crippen molar-refractivity contribution in [1.82, 2.24) is 10.6 Å².